The molecule has 0 unspecified atom stereocenters. The monoisotopic (exact) mass is 352 g/mol. The number of nitrogens with zero attached hydrogens (tertiary/aromatic N) is 2. The van der Waals surface area contributed by atoms with Crippen molar-refractivity contribution in [2.24, 2.45) is 0 Å². The van der Waals surface area contributed by atoms with Gasteiger partial charge in [0.1, 0.15) is 6.04 Å². The van der Waals surface area contributed by atoms with Gasteiger partial charge in [0, 0.05) is 25.7 Å². The lowest BCUT2D eigenvalue weighted by Gasteiger charge is -2.32. The molecule has 0 saturated carbocycles. The second-order valence-corrected chi connectivity index (χ2v) is 8.07. The van der Waals surface area contributed by atoms with Crippen molar-refractivity contribution < 1.29 is 23.1 Å². The SMILES string of the molecule is CC(=O)N1CCc2cc(S(=O)(=O)N3CCCC[C@H]3C(=O)O)ccc21. The first-order chi connectivity index (χ1) is 11.3. The minimum absolute atomic E-state index is 0.0775. The van der Waals surface area contributed by atoms with Gasteiger partial charge in [0.15, 0.2) is 0 Å². The summed E-state index contributed by atoms with van der Waals surface area (Å²) in [4.78, 5) is 24.7. The maximum absolute atomic E-state index is 12.9. The first-order valence-corrected chi connectivity index (χ1v) is 9.42. The average Bonchev–Trinajstić information content (AvgIpc) is 2.98. The normalized spacial score (nSPS) is 21.5. The Hall–Kier alpha value is -1.93. The average molecular weight is 352 g/mol. The van der Waals surface area contributed by atoms with Gasteiger partial charge in [-0.1, -0.05) is 0 Å². The predicted molar refractivity (Wildman–Crippen MR) is 87.3 cm³/mol. The van der Waals surface area contributed by atoms with Gasteiger partial charge in [0.2, 0.25) is 15.9 Å². The number of carbonyl (C=O) groups is 2. The molecular formula is C16H20N2O5S. The van der Waals surface area contributed by atoms with Crippen LogP contribution in [0.3, 0.4) is 0 Å². The zero-order valence-corrected chi connectivity index (χ0v) is 14.3. The number of hydrogen-bond donors (Lipinski definition) is 1. The zero-order chi connectivity index (χ0) is 17.5. The highest BCUT2D eigenvalue weighted by Crippen LogP contribution is 2.32. The fourth-order valence-corrected chi connectivity index (χ4v) is 5.14. The van der Waals surface area contributed by atoms with E-state index in [-0.39, 0.29) is 17.3 Å². The van der Waals surface area contributed by atoms with Crippen LogP contribution >= 0.6 is 0 Å². The highest BCUT2D eigenvalue weighted by molar-refractivity contribution is 7.89. The van der Waals surface area contributed by atoms with Crippen molar-refractivity contribution >= 4 is 27.6 Å². The number of anilines is 1. The lowest BCUT2D eigenvalue weighted by atomic mass is 10.1. The van der Waals surface area contributed by atoms with E-state index >= 15 is 0 Å². The number of carbonyl (C=O) groups excluding carboxylic acids is 1. The molecule has 2 aliphatic rings. The van der Waals surface area contributed by atoms with Gasteiger partial charge in [0.05, 0.1) is 4.90 Å². The number of hydrogen-bond acceptors (Lipinski definition) is 4. The minimum atomic E-state index is -3.87. The van der Waals surface area contributed by atoms with E-state index in [0.29, 0.717) is 32.2 Å². The molecule has 7 nitrogen and oxygen atoms in total. The van der Waals surface area contributed by atoms with Crippen molar-refractivity contribution in [3.05, 3.63) is 23.8 Å². The van der Waals surface area contributed by atoms with Crippen LogP contribution in [-0.2, 0) is 26.0 Å². The molecule has 2 aliphatic heterocycles. The van der Waals surface area contributed by atoms with Crippen LogP contribution < -0.4 is 4.90 Å². The maximum Gasteiger partial charge on any atom is 0.322 e. The number of sulfonamides is 1. The molecule has 24 heavy (non-hydrogen) atoms. The highest BCUT2D eigenvalue weighted by Gasteiger charge is 2.38. The van der Waals surface area contributed by atoms with Crippen LogP contribution in [0.25, 0.3) is 0 Å². The van der Waals surface area contributed by atoms with Gasteiger partial charge >= 0.3 is 5.97 Å². The smallest absolute Gasteiger partial charge is 0.322 e. The second kappa shape index (κ2) is 6.18. The lowest BCUT2D eigenvalue weighted by molar-refractivity contribution is -0.142. The lowest BCUT2D eigenvalue weighted by Crippen LogP contribution is -2.47. The van der Waals surface area contributed by atoms with Crippen LogP contribution in [-0.4, -0.2) is 48.8 Å². The molecule has 1 atom stereocenters. The molecule has 130 valence electrons. The summed E-state index contributed by atoms with van der Waals surface area (Å²) in [6.07, 6.45) is 2.30. The van der Waals surface area contributed by atoms with Crippen molar-refractivity contribution in [1.29, 1.82) is 0 Å². The van der Waals surface area contributed by atoms with Crippen molar-refractivity contribution in [2.45, 2.75) is 43.5 Å². The summed E-state index contributed by atoms with van der Waals surface area (Å²) >= 11 is 0. The third-order valence-electron chi connectivity index (χ3n) is 4.67. The Morgan fingerprint density at radius 1 is 1.21 bits per heavy atom. The molecule has 1 saturated heterocycles. The third kappa shape index (κ3) is 2.80. The van der Waals surface area contributed by atoms with Crippen LogP contribution in [0, 0.1) is 0 Å². The van der Waals surface area contributed by atoms with Crippen LogP contribution in [0.1, 0.15) is 31.7 Å². The van der Waals surface area contributed by atoms with E-state index in [4.69, 9.17) is 0 Å². The van der Waals surface area contributed by atoms with Gasteiger partial charge in [-0.15, -0.1) is 0 Å². The topological polar surface area (TPSA) is 95.0 Å². The Kier molecular flexibility index (Phi) is 4.35. The maximum atomic E-state index is 12.9. The van der Waals surface area contributed by atoms with Crippen molar-refractivity contribution in [3.8, 4) is 0 Å². The van der Waals surface area contributed by atoms with Crippen molar-refractivity contribution in [2.75, 3.05) is 18.0 Å². The first-order valence-electron chi connectivity index (χ1n) is 7.98. The molecule has 1 amide bonds. The van der Waals surface area contributed by atoms with Gasteiger partial charge in [0.25, 0.3) is 0 Å². The molecule has 3 rings (SSSR count). The summed E-state index contributed by atoms with van der Waals surface area (Å²) in [5.74, 6) is -1.19. The summed E-state index contributed by atoms with van der Waals surface area (Å²) < 4.78 is 26.9. The molecule has 0 bridgehead atoms. The Morgan fingerprint density at radius 2 is 1.96 bits per heavy atom. The van der Waals surface area contributed by atoms with E-state index < -0.39 is 22.0 Å². The number of carboxylic acid groups (broad SMARTS) is 1. The summed E-state index contributed by atoms with van der Waals surface area (Å²) in [6.45, 7) is 2.23. The minimum Gasteiger partial charge on any atom is -0.480 e. The molecular weight excluding hydrogens is 332 g/mol. The number of benzene rings is 1. The summed E-state index contributed by atoms with van der Waals surface area (Å²) in [5.41, 5.74) is 1.53. The van der Waals surface area contributed by atoms with Crippen molar-refractivity contribution in [3.63, 3.8) is 0 Å². The van der Waals surface area contributed by atoms with Crippen LogP contribution in [0.4, 0.5) is 5.69 Å². The second-order valence-electron chi connectivity index (χ2n) is 6.18. The molecule has 0 spiro atoms. The van der Waals surface area contributed by atoms with Gasteiger partial charge in [-0.05, 0) is 49.4 Å². The molecule has 0 aliphatic carbocycles. The highest BCUT2D eigenvalue weighted by atomic mass is 32.2. The molecule has 1 fully saturated rings. The Morgan fingerprint density at radius 3 is 2.62 bits per heavy atom. The van der Waals surface area contributed by atoms with E-state index in [2.05, 4.69) is 0 Å². The van der Waals surface area contributed by atoms with E-state index in [1.54, 1.807) is 17.0 Å². The summed E-state index contributed by atoms with van der Waals surface area (Å²) in [6, 6.07) is 3.66. The third-order valence-corrected chi connectivity index (χ3v) is 6.58. The van der Waals surface area contributed by atoms with Gasteiger partial charge in [-0.25, -0.2) is 8.42 Å². The van der Waals surface area contributed by atoms with Gasteiger partial charge in [-0.2, -0.15) is 4.31 Å². The fraction of sp³-hybridized carbons (Fsp3) is 0.500. The first kappa shape index (κ1) is 16.9. The standard InChI is InChI=1S/C16H20N2O5S/c1-11(19)17-9-7-12-10-13(5-6-14(12)17)24(22,23)18-8-3-2-4-15(18)16(20)21/h5-6,10,15H,2-4,7-9H2,1H3,(H,20,21)/t15-/m0/s1. The number of rotatable bonds is 3. The molecule has 1 N–H and O–H groups in total. The number of amides is 1. The number of aliphatic carboxylic acids is 1. The molecule has 0 aromatic heterocycles. The molecule has 1 aromatic carbocycles. The Balaban J connectivity index is 1.96. The number of carboxylic acids is 1. The van der Waals surface area contributed by atoms with E-state index in [1.807, 2.05) is 0 Å². The Labute approximate surface area is 140 Å². The van der Waals surface area contributed by atoms with Crippen molar-refractivity contribution in [1.82, 2.24) is 4.31 Å². The molecule has 1 aromatic rings. The zero-order valence-electron chi connectivity index (χ0n) is 13.4. The number of fused-ring (bicyclic) bond motifs is 1. The molecule has 0 radical (unpaired) electrons. The van der Waals surface area contributed by atoms with Crippen LogP contribution in [0.2, 0.25) is 0 Å². The summed E-state index contributed by atoms with van der Waals surface area (Å²) in [5, 5.41) is 9.32. The predicted octanol–water partition coefficient (Wildman–Crippen LogP) is 1.22. The van der Waals surface area contributed by atoms with E-state index in [9.17, 15) is 23.1 Å². The quantitative estimate of drug-likeness (QED) is 0.883. The molecule has 8 heteroatoms. The number of piperidine rings is 1. The largest absolute Gasteiger partial charge is 0.480 e. The molecule has 2 heterocycles. The van der Waals surface area contributed by atoms with Gasteiger partial charge < -0.3 is 10.0 Å². The summed E-state index contributed by atoms with van der Waals surface area (Å²) in [7, 11) is -3.87. The van der Waals surface area contributed by atoms with E-state index in [0.717, 1.165) is 15.6 Å². The fourth-order valence-electron chi connectivity index (χ4n) is 3.44. The van der Waals surface area contributed by atoms with Crippen LogP contribution in [0.5, 0.6) is 0 Å². The Bertz CT molecular complexity index is 790. The van der Waals surface area contributed by atoms with E-state index in [1.165, 1.54) is 13.0 Å². The van der Waals surface area contributed by atoms with Crippen LogP contribution in [0.15, 0.2) is 23.1 Å². The van der Waals surface area contributed by atoms with Gasteiger partial charge in [-0.3, -0.25) is 9.59 Å².